The van der Waals surface area contributed by atoms with Gasteiger partial charge in [-0.1, -0.05) is 29.8 Å². The van der Waals surface area contributed by atoms with Crippen molar-refractivity contribution in [2.24, 2.45) is 5.73 Å². The van der Waals surface area contributed by atoms with Crippen LogP contribution in [0.15, 0.2) is 63.8 Å². The Bertz CT molecular complexity index is 1030. The molecule has 7 heteroatoms. The molecular formula is C19H15ClN2O4. The Labute approximate surface area is 153 Å². The van der Waals surface area contributed by atoms with Gasteiger partial charge in [0.25, 0.3) is 5.91 Å². The number of carbonyl (C=O) groups excluding carboxylic acids is 2. The predicted octanol–water partition coefficient (Wildman–Crippen LogP) is 2.97. The van der Waals surface area contributed by atoms with Crippen LogP contribution in [-0.4, -0.2) is 18.4 Å². The lowest BCUT2D eigenvalue weighted by Gasteiger charge is -2.21. The molecule has 0 spiro atoms. The number of carbonyl (C=O) groups is 2. The molecule has 0 saturated heterocycles. The molecule has 6 nitrogen and oxygen atoms in total. The third-order valence-electron chi connectivity index (χ3n) is 3.79. The first kappa shape index (κ1) is 17.7. The lowest BCUT2D eigenvalue weighted by Crippen LogP contribution is -2.34. The van der Waals surface area contributed by atoms with E-state index in [1.165, 1.54) is 17.0 Å². The molecule has 0 aliphatic carbocycles. The van der Waals surface area contributed by atoms with Crippen LogP contribution in [0.2, 0.25) is 5.02 Å². The van der Waals surface area contributed by atoms with Gasteiger partial charge in [0.15, 0.2) is 11.2 Å². The van der Waals surface area contributed by atoms with Crippen LogP contribution in [0.5, 0.6) is 0 Å². The minimum atomic E-state index is -0.536. The normalized spacial score (nSPS) is 10.7. The molecule has 0 aliphatic heterocycles. The van der Waals surface area contributed by atoms with Crippen molar-refractivity contribution in [3.63, 3.8) is 0 Å². The van der Waals surface area contributed by atoms with Crippen molar-refractivity contribution in [3.05, 3.63) is 75.6 Å². The molecule has 0 radical (unpaired) electrons. The molecule has 0 bridgehead atoms. The number of nitrogens with two attached hydrogens (primary N) is 1. The van der Waals surface area contributed by atoms with E-state index in [0.29, 0.717) is 10.7 Å². The molecule has 2 amide bonds. The van der Waals surface area contributed by atoms with Crippen molar-refractivity contribution in [1.29, 1.82) is 0 Å². The topological polar surface area (TPSA) is 93.6 Å². The molecule has 2 N–H and O–H groups in total. The predicted molar refractivity (Wildman–Crippen MR) is 99.4 cm³/mol. The first-order valence-corrected chi connectivity index (χ1v) is 8.22. The highest BCUT2D eigenvalue weighted by Gasteiger charge is 2.22. The van der Waals surface area contributed by atoms with Gasteiger partial charge in [-0.15, -0.1) is 0 Å². The number of anilines is 1. The van der Waals surface area contributed by atoms with Crippen LogP contribution >= 0.6 is 11.6 Å². The fourth-order valence-corrected chi connectivity index (χ4v) is 2.72. The van der Waals surface area contributed by atoms with E-state index in [1.807, 2.05) is 0 Å². The number of para-hydroxylation sites is 1. The van der Waals surface area contributed by atoms with E-state index in [1.54, 1.807) is 36.4 Å². The average molecular weight is 371 g/mol. The van der Waals surface area contributed by atoms with Gasteiger partial charge >= 0.3 is 0 Å². The second-order valence-electron chi connectivity index (χ2n) is 5.62. The first-order valence-electron chi connectivity index (χ1n) is 7.84. The van der Waals surface area contributed by atoms with Crippen LogP contribution in [0.4, 0.5) is 5.69 Å². The van der Waals surface area contributed by atoms with Gasteiger partial charge in [0.1, 0.15) is 5.58 Å². The number of fused-ring (bicyclic) bond motifs is 1. The van der Waals surface area contributed by atoms with Crippen molar-refractivity contribution < 1.29 is 14.0 Å². The number of hydrogen-bond donors (Lipinski definition) is 1. The summed E-state index contributed by atoms with van der Waals surface area (Å²) in [5.41, 5.74) is 5.66. The largest absolute Gasteiger partial charge is 0.451 e. The summed E-state index contributed by atoms with van der Waals surface area (Å²) in [7, 11) is 0. The van der Waals surface area contributed by atoms with Crippen LogP contribution in [0.3, 0.4) is 0 Å². The van der Waals surface area contributed by atoms with Crippen LogP contribution in [0.1, 0.15) is 17.0 Å². The molecule has 1 aromatic heterocycles. The zero-order valence-corrected chi connectivity index (χ0v) is 14.4. The molecule has 3 rings (SSSR count). The lowest BCUT2D eigenvalue weighted by atomic mass is 10.2. The smallest absolute Gasteiger partial charge is 0.294 e. The van der Waals surface area contributed by atoms with Gasteiger partial charge in [-0.3, -0.25) is 14.4 Å². The van der Waals surface area contributed by atoms with Crippen molar-refractivity contribution in [3.8, 4) is 0 Å². The summed E-state index contributed by atoms with van der Waals surface area (Å²) in [5, 5.41) is 0.689. The number of halogens is 1. The molecule has 132 valence electrons. The zero-order chi connectivity index (χ0) is 18.7. The van der Waals surface area contributed by atoms with E-state index in [2.05, 4.69) is 0 Å². The molecule has 3 aromatic rings. The Morgan fingerprint density at radius 3 is 2.50 bits per heavy atom. The van der Waals surface area contributed by atoms with E-state index in [0.717, 1.165) is 6.07 Å². The number of rotatable bonds is 5. The summed E-state index contributed by atoms with van der Waals surface area (Å²) in [4.78, 5) is 37.8. The third kappa shape index (κ3) is 3.75. The number of amides is 2. The summed E-state index contributed by atoms with van der Waals surface area (Å²) in [6.45, 7) is 0.0700. The fourth-order valence-electron chi connectivity index (χ4n) is 2.54. The Balaban J connectivity index is 2.03. The number of primary amides is 1. The van der Waals surface area contributed by atoms with E-state index in [-0.39, 0.29) is 35.1 Å². The van der Waals surface area contributed by atoms with Crippen LogP contribution < -0.4 is 16.1 Å². The van der Waals surface area contributed by atoms with Crippen LogP contribution in [-0.2, 0) is 4.79 Å². The Hall–Kier alpha value is -3.12. The molecule has 0 aliphatic rings. The quantitative estimate of drug-likeness (QED) is 0.747. The standard InChI is InChI=1S/C19H15ClN2O4/c20-12-6-7-16-14(10-12)15(23)11-17(26-16)19(25)22(9-8-18(21)24)13-4-2-1-3-5-13/h1-7,10-11H,8-9H2,(H2,21,24). The van der Waals surface area contributed by atoms with E-state index < -0.39 is 11.8 Å². The third-order valence-corrected chi connectivity index (χ3v) is 4.03. The summed E-state index contributed by atoms with van der Waals surface area (Å²) in [5.74, 6) is -1.20. The van der Waals surface area contributed by atoms with Crippen molar-refractivity contribution in [2.45, 2.75) is 6.42 Å². The molecule has 0 fully saturated rings. The van der Waals surface area contributed by atoms with E-state index in [9.17, 15) is 14.4 Å². The highest BCUT2D eigenvalue weighted by molar-refractivity contribution is 6.31. The molecular weight excluding hydrogens is 356 g/mol. The number of nitrogens with zero attached hydrogens (tertiary/aromatic N) is 1. The van der Waals surface area contributed by atoms with Gasteiger partial charge in [0, 0.05) is 29.7 Å². The van der Waals surface area contributed by atoms with Gasteiger partial charge in [-0.05, 0) is 30.3 Å². The van der Waals surface area contributed by atoms with Crippen molar-refractivity contribution in [2.75, 3.05) is 11.4 Å². The number of hydrogen-bond acceptors (Lipinski definition) is 4. The van der Waals surface area contributed by atoms with Crippen molar-refractivity contribution in [1.82, 2.24) is 0 Å². The van der Waals surface area contributed by atoms with Gasteiger partial charge in [-0.25, -0.2) is 0 Å². The summed E-state index contributed by atoms with van der Waals surface area (Å²) < 4.78 is 5.60. The number of benzene rings is 2. The van der Waals surface area contributed by atoms with E-state index in [4.69, 9.17) is 21.8 Å². The van der Waals surface area contributed by atoms with Crippen LogP contribution in [0, 0.1) is 0 Å². The first-order chi connectivity index (χ1) is 12.5. The highest BCUT2D eigenvalue weighted by atomic mass is 35.5. The summed E-state index contributed by atoms with van der Waals surface area (Å²) in [6, 6.07) is 14.5. The minimum Gasteiger partial charge on any atom is -0.451 e. The van der Waals surface area contributed by atoms with Gasteiger partial charge < -0.3 is 15.1 Å². The SMILES string of the molecule is NC(=O)CCN(C(=O)c1cc(=O)c2cc(Cl)ccc2o1)c1ccccc1. The Morgan fingerprint density at radius 2 is 1.81 bits per heavy atom. The second-order valence-corrected chi connectivity index (χ2v) is 6.06. The van der Waals surface area contributed by atoms with Crippen molar-refractivity contribution >= 4 is 40.1 Å². The van der Waals surface area contributed by atoms with Gasteiger partial charge in [0.2, 0.25) is 5.91 Å². The second kappa shape index (κ2) is 7.41. The molecule has 0 unspecified atom stereocenters. The van der Waals surface area contributed by atoms with Gasteiger partial charge in [0.05, 0.1) is 5.39 Å². The summed E-state index contributed by atoms with van der Waals surface area (Å²) >= 11 is 5.89. The monoisotopic (exact) mass is 370 g/mol. The average Bonchev–Trinajstić information content (AvgIpc) is 2.63. The lowest BCUT2D eigenvalue weighted by molar-refractivity contribution is -0.117. The highest BCUT2D eigenvalue weighted by Crippen LogP contribution is 2.21. The van der Waals surface area contributed by atoms with Crippen LogP contribution in [0.25, 0.3) is 11.0 Å². The molecule has 26 heavy (non-hydrogen) atoms. The molecule has 2 aromatic carbocycles. The summed E-state index contributed by atoms with van der Waals surface area (Å²) in [6.07, 6.45) is -0.0198. The fraction of sp³-hybridized carbons (Fsp3) is 0.105. The van der Waals surface area contributed by atoms with Gasteiger partial charge in [-0.2, -0.15) is 0 Å². The van der Waals surface area contributed by atoms with E-state index >= 15 is 0 Å². The Morgan fingerprint density at radius 1 is 1.08 bits per heavy atom. The molecule has 0 saturated carbocycles. The maximum absolute atomic E-state index is 12.9. The Kier molecular flexibility index (Phi) is 5.04. The maximum Gasteiger partial charge on any atom is 0.294 e. The molecule has 1 heterocycles. The zero-order valence-electron chi connectivity index (χ0n) is 13.6. The molecule has 0 atom stereocenters. The maximum atomic E-state index is 12.9. The minimum absolute atomic E-state index is 0.0198.